The molecule has 1 aromatic carbocycles. The first-order valence-electron chi connectivity index (χ1n) is 12.3. The molecule has 2 N–H and O–H groups in total. The Morgan fingerprint density at radius 2 is 1.69 bits per heavy atom. The number of nitrogens with zero attached hydrogens (tertiary/aromatic N) is 1. The van der Waals surface area contributed by atoms with Crippen LogP contribution in [-0.4, -0.2) is 35.1 Å². The molecule has 1 heterocycles. The van der Waals surface area contributed by atoms with E-state index >= 15 is 0 Å². The number of hydrogen-bond donors (Lipinski definition) is 2. The van der Waals surface area contributed by atoms with Gasteiger partial charge in [-0.2, -0.15) is 0 Å². The molecule has 12 heteroatoms. The first kappa shape index (κ1) is 25.6. The summed E-state index contributed by atoms with van der Waals surface area (Å²) >= 11 is 0. The molecule has 3 aliphatic rings. The number of benzene rings is 1. The Morgan fingerprint density at radius 3 is 2.29 bits per heavy atom. The number of nitrogens with one attached hydrogen (secondary N) is 2. The zero-order chi connectivity index (χ0) is 25.0. The molecule has 3 atom stereocenters. The summed E-state index contributed by atoms with van der Waals surface area (Å²) in [5, 5.41) is 16.6. The minimum Gasteiger partial charge on any atom is -0.461 e. The molecule has 1 aliphatic heterocycles. The highest BCUT2D eigenvalue weighted by molar-refractivity contribution is 7.55. The molecule has 192 valence electrons. The summed E-state index contributed by atoms with van der Waals surface area (Å²) in [5.74, 6) is -1.21. The molecule has 35 heavy (non-hydrogen) atoms. The van der Waals surface area contributed by atoms with Crippen LogP contribution in [0.5, 0.6) is 5.75 Å². The standard InChI is InChI=1S/C23H32N3O8P/c1-15(22(27)32-17-8-4-2-5-9-17)24-35(31)25-21(23(28)33-18-10-6-3-7-11-18)19-14-16(26(29)30)12-13-20(19)34-35/h12-15,17-18,21H,2-11H2,1H3,(H2,24,25,31)/t15-,21-,35?/m0/s1. The van der Waals surface area contributed by atoms with Crippen LogP contribution in [0.25, 0.3) is 0 Å². The van der Waals surface area contributed by atoms with Crippen molar-refractivity contribution >= 4 is 25.3 Å². The fourth-order valence-electron chi connectivity index (χ4n) is 4.78. The molecule has 2 aliphatic carbocycles. The van der Waals surface area contributed by atoms with E-state index in [4.69, 9.17) is 14.0 Å². The summed E-state index contributed by atoms with van der Waals surface area (Å²) in [4.78, 5) is 36.5. The predicted molar refractivity (Wildman–Crippen MR) is 126 cm³/mol. The van der Waals surface area contributed by atoms with Crippen LogP contribution < -0.4 is 14.7 Å². The molecule has 1 unspecified atom stereocenters. The lowest BCUT2D eigenvalue weighted by atomic mass is 9.97. The van der Waals surface area contributed by atoms with Gasteiger partial charge >= 0.3 is 19.6 Å². The molecule has 4 rings (SSSR count). The average molecular weight is 509 g/mol. The van der Waals surface area contributed by atoms with Crippen LogP contribution in [0.2, 0.25) is 0 Å². The molecule has 2 fully saturated rings. The number of esters is 2. The Morgan fingerprint density at radius 1 is 1.09 bits per heavy atom. The number of fused-ring (bicyclic) bond motifs is 1. The molecule has 2 saturated carbocycles. The van der Waals surface area contributed by atoms with Crippen molar-refractivity contribution in [1.82, 2.24) is 10.2 Å². The Labute approximate surface area is 204 Å². The Kier molecular flexibility index (Phi) is 8.09. The molecule has 0 aromatic heterocycles. The van der Waals surface area contributed by atoms with Crippen LogP contribution in [0.1, 0.15) is 82.7 Å². The second kappa shape index (κ2) is 11.1. The molecule has 0 amide bonds. The van der Waals surface area contributed by atoms with Crippen LogP contribution in [-0.2, 0) is 23.6 Å². The summed E-state index contributed by atoms with van der Waals surface area (Å²) in [5.41, 5.74) is -0.0792. The summed E-state index contributed by atoms with van der Waals surface area (Å²) in [7, 11) is -3.98. The van der Waals surface area contributed by atoms with E-state index in [1.165, 1.54) is 25.1 Å². The van der Waals surface area contributed by atoms with E-state index in [9.17, 15) is 24.3 Å². The zero-order valence-electron chi connectivity index (χ0n) is 19.8. The van der Waals surface area contributed by atoms with Gasteiger partial charge in [-0.05, 0) is 64.4 Å². The van der Waals surface area contributed by atoms with Crippen LogP contribution in [0, 0.1) is 10.1 Å². The number of carbonyl (C=O) groups is 2. The minimum atomic E-state index is -3.98. The number of ether oxygens (including phenoxy) is 2. The lowest BCUT2D eigenvalue weighted by Gasteiger charge is -2.34. The normalized spacial score (nSPS) is 26.1. The predicted octanol–water partition coefficient (Wildman–Crippen LogP) is 4.46. The summed E-state index contributed by atoms with van der Waals surface area (Å²) in [6.45, 7) is 1.51. The maximum absolute atomic E-state index is 13.6. The van der Waals surface area contributed by atoms with Crippen molar-refractivity contribution in [3.8, 4) is 5.75 Å². The van der Waals surface area contributed by atoms with Gasteiger partial charge in [0.15, 0.2) is 0 Å². The summed E-state index contributed by atoms with van der Waals surface area (Å²) in [6, 6.07) is 1.47. The number of carbonyl (C=O) groups excluding carboxylic acids is 2. The van der Waals surface area contributed by atoms with Gasteiger partial charge in [-0.15, -0.1) is 0 Å². The second-order valence-electron chi connectivity index (χ2n) is 9.43. The quantitative estimate of drug-likeness (QED) is 0.234. The highest BCUT2D eigenvalue weighted by Crippen LogP contribution is 2.50. The maximum Gasteiger partial charge on any atom is 0.392 e. The molecule has 0 radical (unpaired) electrons. The molecule has 0 saturated heterocycles. The van der Waals surface area contributed by atoms with Crippen molar-refractivity contribution in [1.29, 1.82) is 0 Å². The minimum absolute atomic E-state index is 0.0450. The van der Waals surface area contributed by atoms with Crippen molar-refractivity contribution in [2.45, 2.75) is 95.4 Å². The van der Waals surface area contributed by atoms with Crippen molar-refractivity contribution in [2.24, 2.45) is 0 Å². The van der Waals surface area contributed by atoms with Crippen LogP contribution in [0.3, 0.4) is 0 Å². The van der Waals surface area contributed by atoms with Gasteiger partial charge in [-0.3, -0.25) is 14.9 Å². The van der Waals surface area contributed by atoms with E-state index in [0.717, 1.165) is 64.2 Å². The van der Waals surface area contributed by atoms with Gasteiger partial charge in [0.1, 0.15) is 30.0 Å². The Balaban J connectivity index is 1.52. The number of nitro benzene ring substituents is 1. The summed E-state index contributed by atoms with van der Waals surface area (Å²) < 4.78 is 30.5. The summed E-state index contributed by atoms with van der Waals surface area (Å²) in [6.07, 6.45) is 8.71. The van der Waals surface area contributed by atoms with Gasteiger partial charge in [0.25, 0.3) is 5.69 Å². The molecular weight excluding hydrogens is 477 g/mol. The van der Waals surface area contributed by atoms with Crippen molar-refractivity contribution < 1.29 is 33.1 Å². The highest BCUT2D eigenvalue weighted by atomic mass is 31.2. The van der Waals surface area contributed by atoms with E-state index in [-0.39, 0.29) is 29.2 Å². The third-order valence-corrected chi connectivity index (χ3v) is 8.44. The zero-order valence-corrected chi connectivity index (χ0v) is 20.7. The second-order valence-corrected chi connectivity index (χ2v) is 11.2. The maximum atomic E-state index is 13.6. The molecule has 1 aromatic rings. The lowest BCUT2D eigenvalue weighted by Crippen LogP contribution is -2.44. The van der Waals surface area contributed by atoms with Crippen LogP contribution >= 0.6 is 7.67 Å². The van der Waals surface area contributed by atoms with Gasteiger partial charge < -0.3 is 14.0 Å². The van der Waals surface area contributed by atoms with Crippen molar-refractivity contribution in [3.63, 3.8) is 0 Å². The number of hydrogen-bond acceptors (Lipinski definition) is 8. The smallest absolute Gasteiger partial charge is 0.392 e. The third kappa shape index (κ3) is 6.39. The van der Waals surface area contributed by atoms with Crippen molar-refractivity contribution in [3.05, 3.63) is 33.9 Å². The first-order chi connectivity index (χ1) is 16.7. The van der Waals surface area contributed by atoms with Crippen LogP contribution in [0.4, 0.5) is 5.69 Å². The van der Waals surface area contributed by atoms with Crippen molar-refractivity contribution in [2.75, 3.05) is 0 Å². The van der Waals surface area contributed by atoms with E-state index in [1.807, 2.05) is 0 Å². The highest BCUT2D eigenvalue weighted by Gasteiger charge is 2.43. The number of nitro groups is 1. The SMILES string of the molecule is C[C@H](NP1(=O)N[C@H](C(=O)OC2CCCCC2)c2cc([N+](=O)[O-])ccc2O1)C(=O)OC1CCCCC1. The molecule has 0 spiro atoms. The molecule has 11 nitrogen and oxygen atoms in total. The van der Waals surface area contributed by atoms with E-state index < -0.39 is 36.6 Å². The third-order valence-electron chi connectivity index (χ3n) is 6.66. The van der Waals surface area contributed by atoms with Gasteiger partial charge in [-0.25, -0.2) is 19.5 Å². The van der Waals surface area contributed by atoms with Gasteiger partial charge in [0.05, 0.1) is 4.92 Å². The molecule has 0 bridgehead atoms. The Bertz CT molecular complexity index is 1010. The first-order valence-corrected chi connectivity index (χ1v) is 13.9. The van der Waals surface area contributed by atoms with Gasteiger partial charge in [0, 0.05) is 17.7 Å². The van der Waals surface area contributed by atoms with E-state index in [2.05, 4.69) is 10.2 Å². The van der Waals surface area contributed by atoms with E-state index in [1.54, 1.807) is 0 Å². The number of rotatable bonds is 7. The fourth-order valence-corrected chi connectivity index (χ4v) is 6.60. The fraction of sp³-hybridized carbons (Fsp3) is 0.652. The van der Waals surface area contributed by atoms with Gasteiger partial charge in [-0.1, -0.05) is 12.8 Å². The van der Waals surface area contributed by atoms with Crippen LogP contribution in [0.15, 0.2) is 18.2 Å². The number of non-ortho nitro benzene ring substituents is 1. The monoisotopic (exact) mass is 509 g/mol. The van der Waals surface area contributed by atoms with Gasteiger partial charge in [0.2, 0.25) is 0 Å². The lowest BCUT2D eigenvalue weighted by molar-refractivity contribution is -0.384. The Hall–Kier alpha value is -2.49. The largest absolute Gasteiger partial charge is 0.461 e. The average Bonchev–Trinajstić information content (AvgIpc) is 2.84. The molecular formula is C23H32N3O8P. The van der Waals surface area contributed by atoms with E-state index in [0.29, 0.717) is 0 Å². The topological polar surface area (TPSA) is 146 Å².